The number of halogens is 2. The Balaban J connectivity index is 0.831. The molecule has 14 nitrogen and oxygen atoms in total. The number of methoxy groups -OCH3 is 1. The molecule has 5 aromatic rings. The van der Waals surface area contributed by atoms with E-state index < -0.39 is 29.2 Å². The highest BCUT2D eigenvalue weighted by atomic mass is 19.1. The van der Waals surface area contributed by atoms with Crippen LogP contribution in [0.25, 0.3) is 22.9 Å². The average Bonchev–Trinajstić information content (AvgIpc) is 3.78. The number of nitrogens with one attached hydrogen (secondary N) is 2. The van der Waals surface area contributed by atoms with Crippen molar-refractivity contribution in [2.24, 2.45) is 11.3 Å². The first kappa shape index (κ1) is 47.2. The molecule has 4 heterocycles. The lowest BCUT2D eigenvalue weighted by atomic mass is 9.64. The molecule has 3 saturated heterocycles. The summed E-state index contributed by atoms with van der Waals surface area (Å²) in [7, 11) is 1.50. The van der Waals surface area contributed by atoms with Crippen molar-refractivity contribution >= 4 is 46.8 Å². The number of nitrogens with zero attached hydrogens (tertiary/aromatic N) is 5. The Kier molecular flexibility index (Phi) is 12.9. The van der Waals surface area contributed by atoms with Crippen LogP contribution < -0.4 is 20.3 Å². The van der Waals surface area contributed by atoms with Crippen LogP contribution in [0.15, 0.2) is 79.1 Å². The van der Waals surface area contributed by atoms with Crippen molar-refractivity contribution in [1.82, 2.24) is 25.1 Å². The monoisotopic (exact) mass is 939 g/mol. The summed E-state index contributed by atoms with van der Waals surface area (Å²) in [4.78, 5) is 66.3. The zero-order valence-electron chi connectivity index (χ0n) is 39.1. The highest BCUT2D eigenvalue weighted by Crippen LogP contribution is 2.46. The van der Waals surface area contributed by atoms with Crippen LogP contribution in [0.1, 0.15) is 93.8 Å². The molecule has 0 unspecified atom stereocenters. The second kappa shape index (κ2) is 18.9. The zero-order chi connectivity index (χ0) is 48.8. The number of aliphatic hydroxyl groups is 2. The number of amides is 5. The van der Waals surface area contributed by atoms with Crippen molar-refractivity contribution in [2.75, 3.05) is 56.7 Å². The first-order valence-electron chi connectivity index (χ1n) is 23.2. The summed E-state index contributed by atoms with van der Waals surface area (Å²) in [5.41, 5.74) is 5.95. The molecule has 16 heteroatoms. The minimum absolute atomic E-state index is 0.0443. The summed E-state index contributed by atoms with van der Waals surface area (Å²) >= 11 is 0. The third-order valence-corrected chi connectivity index (χ3v) is 14.5. The average molecular weight is 940 g/mol. The quantitative estimate of drug-likeness (QED) is 0.104. The standard InChI is InChI=1S/C53H55F2N7O7/c1-31-40(25-38(54)26-43(31)58-49(65)39-11-10-36(24-42(39)55)52(2,3)68)48-41-21-35(22-44(41)56-30-57-48)33-7-5-32(6-8-33)27-60-18-14-53(37(28-60)29-63)15-19-61(20-16-53)50(66)34-9-12-46(69-4)45(23-34)62-17-13-47(64)59-51(62)67/h5-12,21,23-26,30,37,63,68H,13-20,22,27-29H2,1-4H3,(H,58,65)(H,59,64,67)/t37-/m1/s1. The predicted molar refractivity (Wildman–Crippen MR) is 256 cm³/mol. The molecule has 9 rings (SSSR count). The maximum Gasteiger partial charge on any atom is 0.328 e. The van der Waals surface area contributed by atoms with Crippen molar-refractivity contribution in [2.45, 2.75) is 65.0 Å². The van der Waals surface area contributed by atoms with Gasteiger partial charge in [-0.25, -0.2) is 23.5 Å². The summed E-state index contributed by atoms with van der Waals surface area (Å²) < 4.78 is 35.8. The van der Waals surface area contributed by atoms with E-state index in [4.69, 9.17) is 4.74 Å². The van der Waals surface area contributed by atoms with Gasteiger partial charge in [0.05, 0.1) is 35.3 Å². The number of piperidine rings is 2. The summed E-state index contributed by atoms with van der Waals surface area (Å²) in [5, 5.41) is 26.0. The van der Waals surface area contributed by atoms with E-state index in [1.165, 1.54) is 56.4 Å². The summed E-state index contributed by atoms with van der Waals surface area (Å²) in [6, 6.07) is 19.3. The number of rotatable bonds is 11. The molecule has 0 saturated carbocycles. The number of hydrogen-bond acceptors (Lipinski definition) is 10. The number of fused-ring (bicyclic) bond motifs is 1. The number of likely N-dealkylation sites (tertiary alicyclic amines) is 2. The number of urea groups is 1. The van der Waals surface area contributed by atoms with E-state index in [-0.39, 0.29) is 54.0 Å². The SMILES string of the molecule is COc1ccc(C(=O)N2CCC3(CCN(Cc4ccc(C5=Cc6c(ncnc6-c6cc(F)cc(NC(=O)c7ccc(C(C)(C)O)cc7F)c6C)C5)cc4)C[C@@H]3CO)CC2)cc1N1CCC(=O)NC1=O. The highest BCUT2D eigenvalue weighted by Gasteiger charge is 2.45. The molecule has 3 fully saturated rings. The Morgan fingerprint density at radius 1 is 0.957 bits per heavy atom. The molecule has 4 N–H and O–H groups in total. The van der Waals surface area contributed by atoms with Crippen LogP contribution >= 0.6 is 0 Å². The lowest BCUT2D eigenvalue weighted by Gasteiger charge is -2.51. The predicted octanol–water partition coefficient (Wildman–Crippen LogP) is 7.50. The minimum atomic E-state index is -1.30. The third-order valence-electron chi connectivity index (χ3n) is 14.5. The molecule has 4 aromatic carbocycles. The van der Waals surface area contributed by atoms with E-state index in [9.17, 15) is 29.4 Å². The molecule has 5 amide bonds. The van der Waals surface area contributed by atoms with Gasteiger partial charge < -0.3 is 25.2 Å². The van der Waals surface area contributed by atoms with Gasteiger partial charge in [0.15, 0.2) is 0 Å². The van der Waals surface area contributed by atoms with Crippen LogP contribution in [0.4, 0.5) is 25.0 Å². The largest absolute Gasteiger partial charge is 0.495 e. The Hall–Kier alpha value is -6.88. The fourth-order valence-electron chi connectivity index (χ4n) is 10.3. The smallest absolute Gasteiger partial charge is 0.328 e. The van der Waals surface area contributed by atoms with Crippen molar-refractivity contribution in [1.29, 1.82) is 0 Å². The fraction of sp³-hybridized carbons (Fsp3) is 0.358. The fourth-order valence-corrected chi connectivity index (χ4v) is 10.3. The highest BCUT2D eigenvalue weighted by molar-refractivity contribution is 6.07. The molecular formula is C53H55F2N7O7. The molecule has 358 valence electrons. The van der Waals surface area contributed by atoms with Crippen LogP contribution in [0, 0.1) is 29.9 Å². The molecule has 0 radical (unpaired) electrons. The van der Waals surface area contributed by atoms with Gasteiger partial charge in [-0.1, -0.05) is 30.3 Å². The second-order valence-corrected chi connectivity index (χ2v) is 19.1. The van der Waals surface area contributed by atoms with Gasteiger partial charge in [-0.2, -0.15) is 0 Å². The van der Waals surface area contributed by atoms with Gasteiger partial charge in [-0.3, -0.25) is 29.5 Å². The Labute approximate surface area is 399 Å². The Morgan fingerprint density at radius 2 is 1.71 bits per heavy atom. The number of carbonyl (C=O) groups excluding carboxylic acids is 4. The Bertz CT molecular complexity index is 2890. The normalized spacial score (nSPS) is 18.2. The minimum Gasteiger partial charge on any atom is -0.495 e. The lowest BCUT2D eigenvalue weighted by molar-refractivity contribution is -0.120. The van der Waals surface area contributed by atoms with Crippen LogP contribution in [0.3, 0.4) is 0 Å². The summed E-state index contributed by atoms with van der Waals surface area (Å²) in [6.45, 7) is 8.42. The maximum atomic E-state index is 15.3. The van der Waals surface area contributed by atoms with E-state index in [0.717, 1.165) is 66.4 Å². The second-order valence-electron chi connectivity index (χ2n) is 19.1. The topological polar surface area (TPSA) is 178 Å². The number of ether oxygens (including phenoxy) is 1. The lowest BCUT2D eigenvalue weighted by Crippen LogP contribution is -2.54. The molecule has 69 heavy (non-hydrogen) atoms. The molecular weight excluding hydrogens is 885 g/mol. The molecule has 1 spiro atoms. The zero-order valence-corrected chi connectivity index (χ0v) is 39.1. The van der Waals surface area contributed by atoms with Crippen molar-refractivity contribution in [3.05, 3.63) is 135 Å². The third kappa shape index (κ3) is 9.48. The molecule has 3 aliphatic heterocycles. The number of allylic oxidation sites excluding steroid dienone is 1. The first-order valence-corrected chi connectivity index (χ1v) is 23.2. The number of hydrogen-bond donors (Lipinski definition) is 4. The van der Waals surface area contributed by atoms with Crippen molar-refractivity contribution in [3.63, 3.8) is 0 Å². The van der Waals surface area contributed by atoms with E-state index >= 15 is 8.78 Å². The van der Waals surface area contributed by atoms with Gasteiger partial charge in [0.1, 0.15) is 23.7 Å². The molecule has 1 aliphatic carbocycles. The number of aromatic nitrogens is 2. The van der Waals surface area contributed by atoms with Crippen LogP contribution in [-0.2, 0) is 23.4 Å². The van der Waals surface area contributed by atoms with Crippen LogP contribution in [-0.4, -0.2) is 100 Å². The van der Waals surface area contributed by atoms with Gasteiger partial charge in [0, 0.05) is 80.5 Å². The number of anilines is 2. The van der Waals surface area contributed by atoms with Crippen LogP contribution in [0.5, 0.6) is 5.75 Å². The molecule has 1 aromatic heterocycles. The van der Waals surface area contributed by atoms with E-state index in [1.54, 1.807) is 25.1 Å². The van der Waals surface area contributed by atoms with Crippen LogP contribution in [0.2, 0.25) is 0 Å². The van der Waals surface area contributed by atoms with E-state index in [2.05, 4.69) is 49.8 Å². The summed E-state index contributed by atoms with van der Waals surface area (Å²) in [6.07, 6.45) is 6.60. The Morgan fingerprint density at radius 3 is 2.41 bits per heavy atom. The molecule has 1 atom stereocenters. The number of benzene rings is 4. The van der Waals surface area contributed by atoms with Gasteiger partial charge in [-0.15, -0.1) is 0 Å². The summed E-state index contributed by atoms with van der Waals surface area (Å²) in [5.74, 6) is -2.18. The first-order chi connectivity index (χ1) is 33.0. The van der Waals surface area contributed by atoms with E-state index in [0.29, 0.717) is 65.4 Å². The molecule has 4 aliphatic rings. The molecule has 0 bridgehead atoms. The van der Waals surface area contributed by atoms with Gasteiger partial charge >= 0.3 is 6.03 Å². The number of carbonyl (C=O) groups is 4. The number of aliphatic hydroxyl groups excluding tert-OH is 1. The maximum absolute atomic E-state index is 15.3. The van der Waals surface area contributed by atoms with Gasteiger partial charge in [0.25, 0.3) is 11.8 Å². The number of imide groups is 1. The van der Waals surface area contributed by atoms with Crippen molar-refractivity contribution < 1.29 is 42.9 Å². The van der Waals surface area contributed by atoms with Gasteiger partial charge in [0.2, 0.25) is 5.91 Å². The van der Waals surface area contributed by atoms with E-state index in [1.807, 2.05) is 11.0 Å². The van der Waals surface area contributed by atoms with Gasteiger partial charge in [-0.05, 0) is 128 Å². The van der Waals surface area contributed by atoms with Crippen molar-refractivity contribution in [3.8, 4) is 17.0 Å².